The highest BCUT2D eigenvalue weighted by Gasteiger charge is 2.25. The maximum atomic E-state index is 11.2. The Bertz CT molecular complexity index is 526. The molecule has 0 amide bonds. The zero-order chi connectivity index (χ0) is 14.7. The Morgan fingerprint density at radius 3 is 2.70 bits per heavy atom. The van der Waals surface area contributed by atoms with Crippen molar-refractivity contribution in [1.29, 1.82) is 0 Å². The average Bonchev–Trinajstić information content (AvgIpc) is 2.46. The van der Waals surface area contributed by atoms with Gasteiger partial charge < -0.3 is 14.7 Å². The standard InChI is InChI=1S/C12H15N3O5/c1-20-9-2-4-14(5-3-9)11-10(12(16)17)6-8(7-13-11)15(18)19/h6-7,9H,2-5H2,1H3,(H,16,17). The van der Waals surface area contributed by atoms with Gasteiger partial charge in [-0.2, -0.15) is 0 Å². The molecule has 0 aromatic carbocycles. The Morgan fingerprint density at radius 2 is 2.20 bits per heavy atom. The molecule has 0 atom stereocenters. The fraction of sp³-hybridized carbons (Fsp3) is 0.500. The summed E-state index contributed by atoms with van der Waals surface area (Å²) in [6.07, 6.45) is 2.80. The second kappa shape index (κ2) is 5.83. The molecule has 1 N–H and O–H groups in total. The number of carboxylic acid groups (broad SMARTS) is 1. The third kappa shape index (κ3) is 2.85. The van der Waals surface area contributed by atoms with Gasteiger partial charge in [0.25, 0.3) is 5.69 Å². The van der Waals surface area contributed by atoms with Crippen LogP contribution in [0.2, 0.25) is 0 Å². The Labute approximate surface area is 115 Å². The van der Waals surface area contributed by atoms with Gasteiger partial charge in [0.1, 0.15) is 17.6 Å². The van der Waals surface area contributed by atoms with Crippen molar-refractivity contribution in [2.24, 2.45) is 0 Å². The van der Waals surface area contributed by atoms with Crippen molar-refractivity contribution < 1.29 is 19.6 Å². The van der Waals surface area contributed by atoms with E-state index in [2.05, 4.69) is 4.98 Å². The molecule has 0 spiro atoms. The van der Waals surface area contributed by atoms with Gasteiger partial charge in [-0.15, -0.1) is 0 Å². The first-order chi connectivity index (χ1) is 9.52. The normalized spacial score (nSPS) is 16.1. The maximum Gasteiger partial charge on any atom is 0.339 e. The smallest absolute Gasteiger partial charge is 0.339 e. The van der Waals surface area contributed by atoms with Crippen LogP contribution in [0.15, 0.2) is 12.3 Å². The van der Waals surface area contributed by atoms with E-state index in [0.717, 1.165) is 25.1 Å². The number of piperidine rings is 1. The van der Waals surface area contributed by atoms with Gasteiger partial charge in [0.15, 0.2) is 0 Å². The van der Waals surface area contributed by atoms with Crippen molar-refractivity contribution in [1.82, 2.24) is 4.98 Å². The van der Waals surface area contributed by atoms with E-state index in [1.54, 1.807) is 7.11 Å². The molecule has 0 saturated carbocycles. The minimum atomic E-state index is -1.22. The van der Waals surface area contributed by atoms with Gasteiger partial charge in [0.05, 0.1) is 11.0 Å². The van der Waals surface area contributed by atoms with Gasteiger partial charge in [-0.3, -0.25) is 10.1 Å². The highest BCUT2D eigenvalue weighted by atomic mass is 16.6. The van der Waals surface area contributed by atoms with E-state index >= 15 is 0 Å². The van der Waals surface area contributed by atoms with Gasteiger partial charge in [-0.05, 0) is 12.8 Å². The van der Waals surface area contributed by atoms with Crippen LogP contribution in [0.4, 0.5) is 11.5 Å². The molecule has 0 radical (unpaired) electrons. The molecule has 0 aliphatic carbocycles. The summed E-state index contributed by atoms with van der Waals surface area (Å²) in [6, 6.07) is 1.05. The van der Waals surface area contributed by atoms with Crippen LogP contribution in [0, 0.1) is 10.1 Å². The molecule has 1 aliphatic heterocycles. The molecule has 8 nitrogen and oxygen atoms in total. The molecule has 1 saturated heterocycles. The zero-order valence-corrected chi connectivity index (χ0v) is 11.0. The molecule has 20 heavy (non-hydrogen) atoms. The fourth-order valence-electron chi connectivity index (χ4n) is 2.26. The van der Waals surface area contributed by atoms with Gasteiger partial charge in [0, 0.05) is 26.3 Å². The molecular formula is C12H15N3O5. The SMILES string of the molecule is COC1CCN(c2ncc([N+](=O)[O-])cc2C(=O)O)CC1. The largest absolute Gasteiger partial charge is 0.478 e. The lowest BCUT2D eigenvalue weighted by molar-refractivity contribution is -0.385. The predicted molar refractivity (Wildman–Crippen MR) is 70.1 cm³/mol. The highest BCUT2D eigenvalue weighted by Crippen LogP contribution is 2.25. The number of methoxy groups -OCH3 is 1. The van der Waals surface area contributed by atoms with Crippen LogP contribution < -0.4 is 4.90 Å². The summed E-state index contributed by atoms with van der Waals surface area (Å²) >= 11 is 0. The fourth-order valence-corrected chi connectivity index (χ4v) is 2.26. The minimum absolute atomic E-state index is 0.143. The van der Waals surface area contributed by atoms with Crippen molar-refractivity contribution in [3.05, 3.63) is 27.9 Å². The number of ether oxygens (including phenoxy) is 1. The van der Waals surface area contributed by atoms with Crippen molar-refractivity contribution in [2.45, 2.75) is 18.9 Å². The van der Waals surface area contributed by atoms with Crippen molar-refractivity contribution in [2.75, 3.05) is 25.1 Å². The quantitative estimate of drug-likeness (QED) is 0.654. The molecule has 0 bridgehead atoms. The summed E-state index contributed by atoms with van der Waals surface area (Å²) < 4.78 is 5.25. The van der Waals surface area contributed by atoms with Crippen LogP contribution in [0.5, 0.6) is 0 Å². The third-order valence-corrected chi connectivity index (χ3v) is 3.37. The van der Waals surface area contributed by atoms with Crippen LogP contribution in [0.3, 0.4) is 0 Å². The van der Waals surface area contributed by atoms with Crippen molar-refractivity contribution in [3.63, 3.8) is 0 Å². The average molecular weight is 281 g/mol. The van der Waals surface area contributed by atoms with E-state index in [4.69, 9.17) is 4.74 Å². The maximum absolute atomic E-state index is 11.2. The molecule has 2 rings (SSSR count). The van der Waals surface area contributed by atoms with E-state index in [1.165, 1.54) is 0 Å². The summed E-state index contributed by atoms with van der Waals surface area (Å²) in [4.78, 5) is 27.1. The Hall–Kier alpha value is -2.22. The lowest BCUT2D eigenvalue weighted by Crippen LogP contribution is -2.38. The summed E-state index contributed by atoms with van der Waals surface area (Å²) in [6.45, 7) is 1.23. The van der Waals surface area contributed by atoms with E-state index in [1.807, 2.05) is 4.90 Å². The molecule has 0 unspecified atom stereocenters. The monoisotopic (exact) mass is 281 g/mol. The molecule has 108 valence electrons. The third-order valence-electron chi connectivity index (χ3n) is 3.37. The molecule has 8 heteroatoms. The number of aromatic nitrogens is 1. The van der Waals surface area contributed by atoms with Gasteiger partial charge in [-0.1, -0.05) is 0 Å². The van der Waals surface area contributed by atoms with Crippen LogP contribution in [0.1, 0.15) is 23.2 Å². The molecule has 1 fully saturated rings. The number of anilines is 1. The molecule has 1 aromatic heterocycles. The Balaban J connectivity index is 2.27. The topological polar surface area (TPSA) is 106 Å². The Morgan fingerprint density at radius 1 is 1.55 bits per heavy atom. The Kier molecular flexibility index (Phi) is 4.14. The lowest BCUT2D eigenvalue weighted by Gasteiger charge is -2.32. The number of hydrogen-bond donors (Lipinski definition) is 1. The minimum Gasteiger partial charge on any atom is -0.478 e. The summed E-state index contributed by atoms with van der Waals surface area (Å²) in [7, 11) is 1.65. The van der Waals surface area contributed by atoms with Gasteiger partial charge >= 0.3 is 5.97 Å². The van der Waals surface area contributed by atoms with Crippen LogP contribution in [-0.4, -0.2) is 47.3 Å². The zero-order valence-electron chi connectivity index (χ0n) is 11.0. The van der Waals surface area contributed by atoms with E-state index < -0.39 is 10.9 Å². The number of rotatable bonds is 4. The first-order valence-corrected chi connectivity index (χ1v) is 6.18. The first-order valence-electron chi connectivity index (χ1n) is 6.18. The van der Waals surface area contributed by atoms with Crippen LogP contribution >= 0.6 is 0 Å². The molecule has 1 aromatic rings. The number of aromatic carboxylic acids is 1. The molecule has 2 heterocycles. The molecule has 1 aliphatic rings. The van der Waals surface area contributed by atoms with Gasteiger partial charge in [0.2, 0.25) is 0 Å². The number of hydrogen-bond acceptors (Lipinski definition) is 6. The number of carboxylic acids is 1. The molecular weight excluding hydrogens is 266 g/mol. The predicted octanol–water partition coefficient (Wildman–Crippen LogP) is 1.30. The van der Waals surface area contributed by atoms with Crippen molar-refractivity contribution >= 4 is 17.5 Å². The van der Waals surface area contributed by atoms with Gasteiger partial charge in [-0.25, -0.2) is 9.78 Å². The summed E-state index contributed by atoms with van der Waals surface area (Å²) in [5.74, 6) is -0.942. The number of nitro groups is 1. The van der Waals surface area contributed by atoms with E-state index in [9.17, 15) is 20.0 Å². The van der Waals surface area contributed by atoms with Crippen LogP contribution in [-0.2, 0) is 4.74 Å². The summed E-state index contributed by atoms with van der Waals surface area (Å²) in [5.41, 5.74) is -0.465. The summed E-state index contributed by atoms with van der Waals surface area (Å²) in [5, 5.41) is 19.9. The second-order valence-corrected chi connectivity index (χ2v) is 4.55. The number of pyridine rings is 1. The number of carbonyl (C=O) groups is 1. The second-order valence-electron chi connectivity index (χ2n) is 4.55. The van der Waals surface area contributed by atoms with E-state index in [-0.39, 0.29) is 23.2 Å². The number of nitrogens with zero attached hydrogens (tertiary/aromatic N) is 3. The van der Waals surface area contributed by atoms with E-state index in [0.29, 0.717) is 13.1 Å². The van der Waals surface area contributed by atoms with Crippen molar-refractivity contribution in [3.8, 4) is 0 Å². The van der Waals surface area contributed by atoms with Crippen LogP contribution in [0.25, 0.3) is 0 Å². The first kappa shape index (κ1) is 14.2. The highest BCUT2D eigenvalue weighted by molar-refractivity contribution is 5.94. The lowest BCUT2D eigenvalue weighted by atomic mass is 10.1.